The Morgan fingerprint density at radius 3 is 2.82 bits per heavy atom. The van der Waals surface area contributed by atoms with Gasteiger partial charge in [-0.2, -0.15) is 0 Å². The molecule has 118 valence electrons. The van der Waals surface area contributed by atoms with Crippen LogP contribution in [0.2, 0.25) is 0 Å². The van der Waals surface area contributed by atoms with Crippen LogP contribution in [0.1, 0.15) is 31.4 Å². The summed E-state index contributed by atoms with van der Waals surface area (Å²) in [6.45, 7) is 6.27. The highest BCUT2D eigenvalue weighted by Crippen LogP contribution is 2.22. The fourth-order valence-corrected chi connectivity index (χ4v) is 2.26. The maximum Gasteiger partial charge on any atom is 0.242 e. The predicted octanol–water partition coefficient (Wildman–Crippen LogP) is 2.31. The molecule has 2 aromatic rings. The molecule has 5 nitrogen and oxygen atoms in total. The zero-order valence-electron chi connectivity index (χ0n) is 13.2. The number of rotatable bonds is 6. The summed E-state index contributed by atoms with van der Waals surface area (Å²) in [5, 5.41) is 6.40. The zero-order chi connectivity index (χ0) is 16.1. The molecule has 0 spiro atoms. The van der Waals surface area contributed by atoms with Crippen LogP contribution in [-0.2, 0) is 16.0 Å². The van der Waals surface area contributed by atoms with Gasteiger partial charge in [0.1, 0.15) is 11.6 Å². The standard InChI is InChI=1S/C17H22N2O3/c1-4-7-18-17(21)12(3)19-16(20)9-13-10-22-15-8-11(2)5-6-14(13)15/h5-6,8,10,12H,4,7,9H2,1-3H3,(H,18,21)(H,19,20)/t12-/m0/s1. The molecule has 22 heavy (non-hydrogen) atoms. The molecule has 2 rings (SSSR count). The number of aryl methyl sites for hydroxylation is 1. The number of carbonyl (C=O) groups is 2. The van der Waals surface area contributed by atoms with E-state index in [0.717, 1.165) is 28.5 Å². The van der Waals surface area contributed by atoms with Gasteiger partial charge < -0.3 is 15.1 Å². The summed E-state index contributed by atoms with van der Waals surface area (Å²) in [5.41, 5.74) is 2.71. The van der Waals surface area contributed by atoms with E-state index < -0.39 is 6.04 Å². The van der Waals surface area contributed by atoms with Crippen LogP contribution >= 0.6 is 0 Å². The number of hydrogen-bond acceptors (Lipinski definition) is 3. The van der Waals surface area contributed by atoms with E-state index in [1.165, 1.54) is 0 Å². The van der Waals surface area contributed by atoms with Crippen molar-refractivity contribution >= 4 is 22.8 Å². The highest BCUT2D eigenvalue weighted by atomic mass is 16.3. The van der Waals surface area contributed by atoms with Crippen molar-refractivity contribution in [2.75, 3.05) is 6.54 Å². The highest BCUT2D eigenvalue weighted by molar-refractivity contribution is 5.91. The summed E-state index contributed by atoms with van der Waals surface area (Å²) in [7, 11) is 0. The van der Waals surface area contributed by atoms with Gasteiger partial charge in [-0.25, -0.2) is 0 Å². The molecule has 0 fully saturated rings. The molecule has 0 saturated carbocycles. The number of benzene rings is 1. The van der Waals surface area contributed by atoms with Gasteiger partial charge in [-0.05, 0) is 31.9 Å². The topological polar surface area (TPSA) is 71.3 Å². The van der Waals surface area contributed by atoms with Gasteiger partial charge in [0.25, 0.3) is 0 Å². The first-order valence-electron chi connectivity index (χ1n) is 7.55. The quantitative estimate of drug-likeness (QED) is 0.860. The number of furan rings is 1. The minimum atomic E-state index is -0.542. The Labute approximate surface area is 130 Å². The lowest BCUT2D eigenvalue weighted by atomic mass is 10.1. The molecule has 0 aliphatic rings. The van der Waals surface area contributed by atoms with Crippen molar-refractivity contribution in [1.29, 1.82) is 0 Å². The normalized spacial score (nSPS) is 12.1. The third-order valence-corrected chi connectivity index (χ3v) is 3.48. The Hall–Kier alpha value is -2.30. The molecule has 2 N–H and O–H groups in total. The third kappa shape index (κ3) is 3.87. The second kappa shape index (κ2) is 7.11. The van der Waals surface area contributed by atoms with E-state index in [9.17, 15) is 9.59 Å². The maximum absolute atomic E-state index is 12.1. The van der Waals surface area contributed by atoms with Crippen LogP contribution in [0.15, 0.2) is 28.9 Å². The van der Waals surface area contributed by atoms with Crippen molar-refractivity contribution in [3.63, 3.8) is 0 Å². The van der Waals surface area contributed by atoms with Crippen LogP contribution in [0.5, 0.6) is 0 Å². The Morgan fingerprint density at radius 2 is 2.09 bits per heavy atom. The van der Waals surface area contributed by atoms with Gasteiger partial charge in [-0.15, -0.1) is 0 Å². The average Bonchev–Trinajstić information content (AvgIpc) is 2.86. The van der Waals surface area contributed by atoms with E-state index in [1.807, 2.05) is 32.0 Å². The second-order valence-corrected chi connectivity index (χ2v) is 5.52. The number of carbonyl (C=O) groups excluding carboxylic acids is 2. The molecule has 0 aliphatic heterocycles. The summed E-state index contributed by atoms with van der Waals surface area (Å²) in [6.07, 6.45) is 2.67. The van der Waals surface area contributed by atoms with Gasteiger partial charge in [0.05, 0.1) is 12.7 Å². The fraction of sp³-hybridized carbons (Fsp3) is 0.412. The molecule has 0 unspecified atom stereocenters. The molecule has 1 heterocycles. The first-order valence-corrected chi connectivity index (χ1v) is 7.55. The van der Waals surface area contributed by atoms with E-state index in [-0.39, 0.29) is 18.2 Å². The molecule has 0 radical (unpaired) electrons. The maximum atomic E-state index is 12.1. The molecule has 0 bridgehead atoms. The third-order valence-electron chi connectivity index (χ3n) is 3.48. The summed E-state index contributed by atoms with van der Waals surface area (Å²) in [6, 6.07) is 5.34. The lowest BCUT2D eigenvalue weighted by Gasteiger charge is -2.13. The van der Waals surface area contributed by atoms with Crippen molar-refractivity contribution in [1.82, 2.24) is 10.6 Å². The van der Waals surface area contributed by atoms with Gasteiger partial charge in [0.15, 0.2) is 0 Å². The van der Waals surface area contributed by atoms with Gasteiger partial charge in [-0.3, -0.25) is 9.59 Å². The van der Waals surface area contributed by atoms with E-state index in [4.69, 9.17) is 4.42 Å². The van der Waals surface area contributed by atoms with Gasteiger partial charge in [0, 0.05) is 17.5 Å². The SMILES string of the molecule is CCCNC(=O)[C@H](C)NC(=O)Cc1coc2cc(C)ccc12. The van der Waals surface area contributed by atoms with Crippen molar-refractivity contribution in [2.24, 2.45) is 0 Å². The highest BCUT2D eigenvalue weighted by Gasteiger charge is 2.16. The zero-order valence-corrected chi connectivity index (χ0v) is 13.2. The molecule has 2 amide bonds. The van der Waals surface area contributed by atoms with Gasteiger partial charge in [-0.1, -0.05) is 19.1 Å². The summed E-state index contributed by atoms with van der Waals surface area (Å²) in [5.74, 6) is -0.356. The van der Waals surface area contributed by atoms with Gasteiger partial charge >= 0.3 is 0 Å². The van der Waals surface area contributed by atoms with Crippen molar-refractivity contribution in [3.8, 4) is 0 Å². The number of nitrogens with one attached hydrogen (secondary N) is 2. The number of amides is 2. The van der Waals surface area contributed by atoms with Crippen LogP contribution in [0.3, 0.4) is 0 Å². The molecule has 0 aliphatic carbocycles. The molecule has 1 aromatic carbocycles. The van der Waals surface area contributed by atoms with E-state index in [0.29, 0.717) is 6.54 Å². The van der Waals surface area contributed by atoms with E-state index in [1.54, 1.807) is 13.2 Å². The molecule has 1 atom stereocenters. The first kappa shape index (κ1) is 16.1. The Kier molecular flexibility index (Phi) is 5.20. The van der Waals surface area contributed by atoms with Gasteiger partial charge in [0.2, 0.25) is 11.8 Å². The van der Waals surface area contributed by atoms with Crippen LogP contribution in [0.4, 0.5) is 0 Å². The fourth-order valence-electron chi connectivity index (χ4n) is 2.26. The molecular formula is C17H22N2O3. The summed E-state index contributed by atoms with van der Waals surface area (Å²) in [4.78, 5) is 23.8. The van der Waals surface area contributed by atoms with E-state index >= 15 is 0 Å². The van der Waals surface area contributed by atoms with Crippen molar-refractivity contribution in [3.05, 3.63) is 35.6 Å². The predicted molar refractivity (Wildman–Crippen MR) is 85.6 cm³/mol. The molecule has 1 aromatic heterocycles. The second-order valence-electron chi connectivity index (χ2n) is 5.52. The van der Waals surface area contributed by atoms with Crippen LogP contribution < -0.4 is 10.6 Å². The lowest BCUT2D eigenvalue weighted by Crippen LogP contribution is -2.45. The van der Waals surface area contributed by atoms with E-state index in [2.05, 4.69) is 10.6 Å². The molecule has 5 heteroatoms. The molecule has 0 saturated heterocycles. The van der Waals surface area contributed by atoms with Crippen LogP contribution in [-0.4, -0.2) is 24.4 Å². The number of hydrogen-bond donors (Lipinski definition) is 2. The summed E-state index contributed by atoms with van der Waals surface area (Å²) < 4.78 is 5.48. The van der Waals surface area contributed by atoms with Crippen molar-refractivity contribution < 1.29 is 14.0 Å². The first-order chi connectivity index (χ1) is 10.5. The Balaban J connectivity index is 1.97. The minimum Gasteiger partial charge on any atom is -0.464 e. The van der Waals surface area contributed by atoms with Crippen molar-refractivity contribution in [2.45, 2.75) is 39.7 Å². The Morgan fingerprint density at radius 1 is 1.32 bits per heavy atom. The lowest BCUT2D eigenvalue weighted by molar-refractivity contribution is -0.128. The largest absolute Gasteiger partial charge is 0.464 e. The van der Waals surface area contributed by atoms with Crippen LogP contribution in [0, 0.1) is 6.92 Å². The monoisotopic (exact) mass is 302 g/mol. The number of fused-ring (bicyclic) bond motifs is 1. The average molecular weight is 302 g/mol. The molecular weight excluding hydrogens is 280 g/mol. The minimum absolute atomic E-state index is 0.164. The van der Waals surface area contributed by atoms with Crippen LogP contribution in [0.25, 0.3) is 11.0 Å². The Bertz CT molecular complexity index is 676. The summed E-state index contributed by atoms with van der Waals surface area (Å²) >= 11 is 0. The smallest absolute Gasteiger partial charge is 0.242 e.